The molecule has 0 fully saturated rings. The number of rotatable bonds is 64. The van der Waals surface area contributed by atoms with Gasteiger partial charge in [0.2, 0.25) is 0 Å². The van der Waals surface area contributed by atoms with Gasteiger partial charge in [-0.25, -0.2) is 4.57 Å². The Balaban J connectivity index is 3.83. The van der Waals surface area contributed by atoms with E-state index in [2.05, 4.69) is 62.5 Å². The highest BCUT2D eigenvalue weighted by atomic mass is 31.2. The van der Waals surface area contributed by atoms with Crippen LogP contribution in [0.1, 0.15) is 341 Å². The molecule has 3 N–H and O–H groups in total. The fraction of sp³-hybridized carbons (Fsp3) is 0.853. The molecule has 9 nitrogen and oxygen atoms in total. The van der Waals surface area contributed by atoms with Crippen molar-refractivity contribution in [1.82, 2.24) is 0 Å². The van der Waals surface area contributed by atoms with E-state index in [9.17, 15) is 19.0 Å². The van der Waals surface area contributed by atoms with Crippen molar-refractivity contribution >= 4 is 19.8 Å². The Morgan fingerprint density at radius 3 is 1.05 bits per heavy atom. The quantitative estimate of drug-likeness (QED) is 0.0264. The minimum Gasteiger partial charge on any atom is -0.462 e. The fourth-order valence-corrected chi connectivity index (χ4v) is 10.8. The zero-order valence-corrected chi connectivity index (χ0v) is 52.3. The summed E-state index contributed by atoms with van der Waals surface area (Å²) in [6.07, 6.45) is 80.6. The minimum absolute atomic E-state index is 0.0558. The SMILES string of the molecule is CC/C=C\C/C=C\C/C=C\C/C=C\CCCCCCCCCCCCCCCCCCCCCCC(=O)OC(COC(=O)CCCCCCCCCCCCCCCCCCCCCCCCCC)COP(=O)(O)OCCN. The summed E-state index contributed by atoms with van der Waals surface area (Å²) in [5.74, 6) is -0.806. The third-order valence-electron chi connectivity index (χ3n) is 15.0. The molecule has 458 valence electrons. The van der Waals surface area contributed by atoms with E-state index in [1.807, 2.05) is 0 Å². The van der Waals surface area contributed by atoms with Crippen molar-refractivity contribution in [1.29, 1.82) is 0 Å². The molecule has 0 heterocycles. The molecule has 0 aromatic heterocycles. The van der Waals surface area contributed by atoms with Crippen molar-refractivity contribution in [2.24, 2.45) is 5.73 Å². The van der Waals surface area contributed by atoms with Crippen LogP contribution in [0.3, 0.4) is 0 Å². The van der Waals surface area contributed by atoms with Gasteiger partial charge in [0, 0.05) is 19.4 Å². The maximum absolute atomic E-state index is 12.8. The molecular weight excluding hydrogens is 990 g/mol. The highest BCUT2D eigenvalue weighted by Gasteiger charge is 2.26. The average Bonchev–Trinajstić information content (AvgIpc) is 3.43. The second kappa shape index (κ2) is 64.1. The van der Waals surface area contributed by atoms with E-state index in [4.69, 9.17) is 24.3 Å². The van der Waals surface area contributed by atoms with Crippen LogP contribution >= 0.6 is 7.82 Å². The van der Waals surface area contributed by atoms with Gasteiger partial charge in [0.1, 0.15) is 6.61 Å². The first kappa shape index (κ1) is 76.0. The average molecular weight is 1120 g/mol. The van der Waals surface area contributed by atoms with E-state index in [0.29, 0.717) is 6.42 Å². The Kier molecular flexibility index (Phi) is 62.5. The van der Waals surface area contributed by atoms with Gasteiger partial charge in [-0.1, -0.05) is 326 Å². The molecule has 0 aliphatic carbocycles. The standard InChI is InChI=1S/C68H128NO8P/c1-3-5-7-9-11-13-15-17-19-21-23-25-27-29-30-31-32-33-34-35-36-37-39-41-43-45-47-49-51-53-55-57-59-61-68(71)77-66(65-76-78(72,73)75-63-62-69)64-74-67(70)60-58-56-54-52-50-48-46-44-42-40-38-28-26-24-22-20-18-16-14-12-10-8-6-4-2/h5,7,11,13,17,19,23,25,66H,3-4,6,8-10,12,14-16,18,20-22,24,26-65,69H2,1-2H3,(H,72,73)/b7-5-,13-11-,19-17-,25-23-. The van der Waals surface area contributed by atoms with Crippen LogP contribution in [-0.2, 0) is 32.7 Å². The van der Waals surface area contributed by atoms with Gasteiger partial charge in [0.05, 0.1) is 13.2 Å². The summed E-state index contributed by atoms with van der Waals surface area (Å²) < 4.78 is 33.2. The van der Waals surface area contributed by atoms with E-state index >= 15 is 0 Å². The summed E-state index contributed by atoms with van der Waals surface area (Å²) in [6.45, 7) is 3.70. The van der Waals surface area contributed by atoms with Gasteiger partial charge >= 0.3 is 19.8 Å². The first-order valence-corrected chi connectivity index (χ1v) is 35.1. The van der Waals surface area contributed by atoms with Crippen LogP contribution in [0.15, 0.2) is 48.6 Å². The van der Waals surface area contributed by atoms with Crippen molar-refractivity contribution < 1.29 is 37.6 Å². The molecule has 0 amide bonds. The van der Waals surface area contributed by atoms with Crippen LogP contribution in [0, 0.1) is 0 Å². The van der Waals surface area contributed by atoms with Gasteiger partial charge in [-0.2, -0.15) is 0 Å². The molecule has 0 saturated heterocycles. The van der Waals surface area contributed by atoms with Crippen LogP contribution in [0.4, 0.5) is 0 Å². The van der Waals surface area contributed by atoms with Crippen LogP contribution in [0.5, 0.6) is 0 Å². The molecule has 0 radical (unpaired) electrons. The van der Waals surface area contributed by atoms with E-state index < -0.39 is 26.5 Å². The van der Waals surface area contributed by atoms with E-state index in [-0.39, 0.29) is 38.6 Å². The predicted octanol–water partition coefficient (Wildman–Crippen LogP) is 21.7. The third kappa shape index (κ3) is 63.2. The number of hydrogen-bond acceptors (Lipinski definition) is 8. The summed E-state index contributed by atoms with van der Waals surface area (Å²) in [7, 11) is -4.39. The number of nitrogens with two attached hydrogens (primary N) is 1. The second-order valence-corrected chi connectivity index (χ2v) is 24.1. The summed E-state index contributed by atoms with van der Waals surface area (Å²) in [4.78, 5) is 35.3. The molecule has 0 spiro atoms. The molecule has 2 unspecified atom stereocenters. The lowest BCUT2D eigenvalue weighted by Gasteiger charge is -2.19. The normalized spacial score (nSPS) is 13.2. The smallest absolute Gasteiger partial charge is 0.462 e. The van der Waals surface area contributed by atoms with Crippen molar-refractivity contribution in [3.8, 4) is 0 Å². The summed E-state index contributed by atoms with van der Waals surface area (Å²) >= 11 is 0. The van der Waals surface area contributed by atoms with Gasteiger partial charge in [-0.15, -0.1) is 0 Å². The Bertz CT molecular complexity index is 1420. The Labute approximate surface area is 483 Å². The fourth-order valence-electron chi connectivity index (χ4n) is 10.0. The number of unbranched alkanes of at least 4 members (excludes halogenated alkanes) is 43. The van der Waals surface area contributed by atoms with Gasteiger partial charge in [-0.05, 0) is 51.4 Å². The lowest BCUT2D eigenvalue weighted by Crippen LogP contribution is -2.29. The molecule has 0 aliphatic heterocycles. The number of carbonyl (C=O) groups is 2. The number of phosphoric ester groups is 1. The van der Waals surface area contributed by atoms with E-state index in [1.54, 1.807) is 0 Å². The maximum Gasteiger partial charge on any atom is 0.472 e. The predicted molar refractivity (Wildman–Crippen MR) is 335 cm³/mol. The number of allylic oxidation sites excluding steroid dienone is 8. The van der Waals surface area contributed by atoms with Crippen molar-refractivity contribution in [3.63, 3.8) is 0 Å². The molecule has 0 aromatic rings. The minimum atomic E-state index is -4.39. The molecular formula is C68H128NO8P. The number of phosphoric acid groups is 1. The van der Waals surface area contributed by atoms with Crippen LogP contribution < -0.4 is 5.73 Å². The first-order valence-electron chi connectivity index (χ1n) is 33.6. The largest absolute Gasteiger partial charge is 0.472 e. The highest BCUT2D eigenvalue weighted by Crippen LogP contribution is 2.43. The topological polar surface area (TPSA) is 134 Å². The maximum atomic E-state index is 12.8. The number of esters is 2. The molecule has 78 heavy (non-hydrogen) atoms. The molecule has 0 rings (SSSR count). The Morgan fingerprint density at radius 1 is 0.397 bits per heavy atom. The van der Waals surface area contributed by atoms with Crippen LogP contribution in [0.2, 0.25) is 0 Å². The molecule has 0 saturated carbocycles. The number of hydrogen-bond donors (Lipinski definition) is 2. The third-order valence-corrected chi connectivity index (χ3v) is 16.0. The van der Waals surface area contributed by atoms with E-state index in [0.717, 1.165) is 57.8 Å². The van der Waals surface area contributed by atoms with Gasteiger partial charge < -0.3 is 20.1 Å². The van der Waals surface area contributed by atoms with Crippen molar-refractivity contribution in [3.05, 3.63) is 48.6 Å². The zero-order valence-electron chi connectivity index (χ0n) is 51.4. The second-order valence-electron chi connectivity index (χ2n) is 22.7. The summed E-state index contributed by atoms with van der Waals surface area (Å²) in [5, 5.41) is 0. The van der Waals surface area contributed by atoms with Gasteiger partial charge in [-0.3, -0.25) is 18.6 Å². The lowest BCUT2D eigenvalue weighted by molar-refractivity contribution is -0.161. The zero-order chi connectivity index (χ0) is 56.6. The number of carbonyl (C=O) groups excluding carboxylic acids is 2. The molecule has 0 bridgehead atoms. The van der Waals surface area contributed by atoms with Crippen molar-refractivity contribution in [2.45, 2.75) is 347 Å². The Hall–Kier alpha value is -2.03. The van der Waals surface area contributed by atoms with Crippen molar-refractivity contribution in [2.75, 3.05) is 26.4 Å². The Morgan fingerprint density at radius 2 is 0.705 bits per heavy atom. The first-order chi connectivity index (χ1) is 38.3. The van der Waals surface area contributed by atoms with Gasteiger partial charge in [0.25, 0.3) is 0 Å². The monoisotopic (exact) mass is 1120 g/mol. The van der Waals surface area contributed by atoms with Crippen LogP contribution in [-0.4, -0.2) is 49.3 Å². The lowest BCUT2D eigenvalue weighted by atomic mass is 10.0. The summed E-state index contributed by atoms with van der Waals surface area (Å²) in [6, 6.07) is 0. The molecule has 0 aromatic carbocycles. The molecule has 10 heteroatoms. The van der Waals surface area contributed by atoms with Gasteiger partial charge in [0.15, 0.2) is 6.10 Å². The highest BCUT2D eigenvalue weighted by molar-refractivity contribution is 7.47. The van der Waals surface area contributed by atoms with E-state index in [1.165, 1.54) is 250 Å². The molecule has 0 aliphatic rings. The molecule has 2 atom stereocenters. The summed E-state index contributed by atoms with van der Waals surface area (Å²) in [5.41, 5.74) is 5.40. The number of ether oxygens (including phenoxy) is 2. The van der Waals surface area contributed by atoms with Crippen LogP contribution in [0.25, 0.3) is 0 Å².